The summed E-state index contributed by atoms with van der Waals surface area (Å²) in [5.41, 5.74) is 5.66. The zero-order chi connectivity index (χ0) is 15.3. The summed E-state index contributed by atoms with van der Waals surface area (Å²) < 4.78 is 5.05. The number of nitrogens with two attached hydrogens (primary N) is 1. The molecule has 0 aromatic carbocycles. The molecule has 0 unspecified atom stereocenters. The van der Waals surface area contributed by atoms with Crippen molar-refractivity contribution in [3.8, 4) is 11.8 Å². The van der Waals surface area contributed by atoms with Crippen LogP contribution in [0.15, 0.2) is 23.4 Å². The molecule has 8 heteroatoms. The fraction of sp³-hybridized carbons (Fsp3) is 0.250. The van der Waals surface area contributed by atoms with Gasteiger partial charge in [-0.05, 0) is 29.0 Å². The van der Waals surface area contributed by atoms with Gasteiger partial charge in [0.1, 0.15) is 17.3 Å². The SMILES string of the molecule is CC(N)=C(C#N)C(=O)COc1ccc(C)nc1[N+](=O)[O-]. The van der Waals surface area contributed by atoms with Crippen LogP contribution in [0.25, 0.3) is 0 Å². The van der Waals surface area contributed by atoms with Gasteiger partial charge in [-0.3, -0.25) is 4.79 Å². The van der Waals surface area contributed by atoms with Gasteiger partial charge in [0, 0.05) is 12.6 Å². The third-order valence-corrected chi connectivity index (χ3v) is 2.30. The first-order valence-corrected chi connectivity index (χ1v) is 5.51. The lowest BCUT2D eigenvalue weighted by atomic mass is 10.1. The van der Waals surface area contributed by atoms with E-state index in [4.69, 9.17) is 15.7 Å². The van der Waals surface area contributed by atoms with Crippen LogP contribution in [0.2, 0.25) is 0 Å². The molecule has 1 heterocycles. The van der Waals surface area contributed by atoms with Crippen LogP contribution in [0.1, 0.15) is 12.6 Å². The summed E-state index contributed by atoms with van der Waals surface area (Å²) >= 11 is 0. The van der Waals surface area contributed by atoms with E-state index >= 15 is 0 Å². The summed E-state index contributed by atoms with van der Waals surface area (Å²) in [5, 5.41) is 19.6. The number of nitriles is 1. The number of nitro groups is 1. The maximum atomic E-state index is 11.7. The zero-order valence-electron chi connectivity index (χ0n) is 10.9. The molecule has 0 aliphatic carbocycles. The quantitative estimate of drug-likeness (QED) is 0.367. The van der Waals surface area contributed by atoms with E-state index in [2.05, 4.69) is 4.98 Å². The van der Waals surface area contributed by atoms with Gasteiger partial charge in [-0.1, -0.05) is 0 Å². The van der Waals surface area contributed by atoms with Crippen molar-refractivity contribution >= 4 is 11.6 Å². The normalized spacial score (nSPS) is 11.2. The van der Waals surface area contributed by atoms with E-state index < -0.39 is 23.1 Å². The third-order valence-electron chi connectivity index (χ3n) is 2.30. The maximum absolute atomic E-state index is 11.7. The topological polar surface area (TPSA) is 132 Å². The Balaban J connectivity index is 2.92. The third kappa shape index (κ3) is 3.52. The number of aromatic nitrogens is 1. The first-order chi connectivity index (χ1) is 9.36. The Bertz CT molecular complexity index is 627. The van der Waals surface area contributed by atoms with Crippen molar-refractivity contribution in [3.63, 3.8) is 0 Å². The molecule has 0 spiro atoms. The number of nitrogens with zero attached hydrogens (tertiary/aromatic N) is 3. The number of carbonyl (C=O) groups excluding carboxylic acids is 1. The first-order valence-electron chi connectivity index (χ1n) is 5.51. The summed E-state index contributed by atoms with van der Waals surface area (Å²) in [6.45, 7) is 2.48. The number of hydrogen-bond acceptors (Lipinski definition) is 7. The summed E-state index contributed by atoms with van der Waals surface area (Å²) in [6.07, 6.45) is 0. The summed E-state index contributed by atoms with van der Waals surface area (Å²) in [7, 11) is 0. The molecule has 104 valence electrons. The average molecular weight is 276 g/mol. The highest BCUT2D eigenvalue weighted by molar-refractivity contribution is 6.00. The van der Waals surface area contributed by atoms with Crippen LogP contribution in [0, 0.1) is 28.4 Å². The minimum absolute atomic E-state index is 0.0673. The number of ether oxygens (including phenoxy) is 1. The Morgan fingerprint density at radius 2 is 2.25 bits per heavy atom. The molecule has 1 aromatic rings. The van der Waals surface area contributed by atoms with E-state index in [1.165, 1.54) is 19.1 Å². The van der Waals surface area contributed by atoms with E-state index in [-0.39, 0.29) is 17.0 Å². The number of rotatable bonds is 5. The fourth-order valence-corrected chi connectivity index (χ4v) is 1.36. The van der Waals surface area contributed by atoms with E-state index in [9.17, 15) is 14.9 Å². The van der Waals surface area contributed by atoms with Gasteiger partial charge >= 0.3 is 5.82 Å². The molecule has 0 atom stereocenters. The monoisotopic (exact) mass is 276 g/mol. The van der Waals surface area contributed by atoms with Crippen molar-refractivity contribution in [2.24, 2.45) is 5.73 Å². The van der Waals surface area contributed by atoms with Crippen LogP contribution in [-0.4, -0.2) is 22.3 Å². The molecule has 8 nitrogen and oxygen atoms in total. The lowest BCUT2D eigenvalue weighted by Gasteiger charge is -2.06. The predicted octanol–water partition coefficient (Wildman–Crippen LogP) is 1.00. The van der Waals surface area contributed by atoms with E-state index in [0.717, 1.165) is 0 Å². The van der Waals surface area contributed by atoms with Crippen LogP contribution in [0.4, 0.5) is 5.82 Å². The highest BCUT2D eigenvalue weighted by atomic mass is 16.6. The standard InChI is InChI=1S/C12H12N4O4/c1-7-3-4-11(12(15-7)16(18)19)20-6-10(17)9(5-13)8(2)14/h3-4H,6,14H2,1-2H3. The lowest BCUT2D eigenvalue weighted by molar-refractivity contribution is -0.390. The maximum Gasteiger partial charge on any atom is 0.406 e. The van der Waals surface area contributed by atoms with E-state index in [1.807, 2.05) is 0 Å². The second-order valence-corrected chi connectivity index (χ2v) is 3.91. The molecule has 1 aromatic heterocycles. The second kappa shape index (κ2) is 6.29. The van der Waals surface area contributed by atoms with Crippen LogP contribution >= 0.6 is 0 Å². The van der Waals surface area contributed by atoms with Gasteiger partial charge in [-0.15, -0.1) is 0 Å². The van der Waals surface area contributed by atoms with E-state index in [0.29, 0.717) is 5.69 Å². The molecule has 0 amide bonds. The molecular formula is C12H12N4O4. The smallest absolute Gasteiger partial charge is 0.406 e. The van der Waals surface area contributed by atoms with Gasteiger partial charge in [0.05, 0.1) is 0 Å². The Morgan fingerprint density at radius 3 is 2.75 bits per heavy atom. The van der Waals surface area contributed by atoms with Crippen LogP contribution in [-0.2, 0) is 4.79 Å². The van der Waals surface area contributed by atoms with Gasteiger partial charge in [0.2, 0.25) is 11.5 Å². The second-order valence-electron chi connectivity index (χ2n) is 3.91. The minimum Gasteiger partial charge on any atom is -0.477 e. The summed E-state index contributed by atoms with van der Waals surface area (Å²) in [6, 6.07) is 4.52. The Hall–Kier alpha value is -2.95. The van der Waals surface area contributed by atoms with Crippen molar-refractivity contribution in [1.29, 1.82) is 5.26 Å². The molecular weight excluding hydrogens is 264 g/mol. The number of aryl methyl sites for hydroxylation is 1. The minimum atomic E-state index is -0.706. The van der Waals surface area contributed by atoms with Gasteiger partial charge in [0.25, 0.3) is 0 Å². The molecule has 0 saturated carbocycles. The van der Waals surface area contributed by atoms with Crippen molar-refractivity contribution in [3.05, 3.63) is 39.2 Å². The molecule has 1 rings (SSSR count). The number of allylic oxidation sites excluding steroid dienone is 1. The number of ketones is 1. The Labute approximate surface area is 114 Å². The summed E-state index contributed by atoms with van der Waals surface area (Å²) in [4.78, 5) is 25.5. The lowest BCUT2D eigenvalue weighted by Crippen LogP contribution is -2.17. The van der Waals surface area contributed by atoms with Crippen molar-refractivity contribution in [2.45, 2.75) is 13.8 Å². The molecule has 0 saturated heterocycles. The average Bonchev–Trinajstić information content (AvgIpc) is 2.37. The van der Waals surface area contributed by atoms with Gasteiger partial charge in [-0.2, -0.15) is 5.26 Å². The molecule has 0 radical (unpaired) electrons. The predicted molar refractivity (Wildman–Crippen MR) is 68.6 cm³/mol. The van der Waals surface area contributed by atoms with Gasteiger partial charge in [-0.25, -0.2) is 0 Å². The van der Waals surface area contributed by atoms with Crippen molar-refractivity contribution in [1.82, 2.24) is 4.98 Å². The van der Waals surface area contributed by atoms with Crippen LogP contribution in [0.5, 0.6) is 5.75 Å². The van der Waals surface area contributed by atoms with Crippen molar-refractivity contribution < 1.29 is 14.5 Å². The number of carbonyl (C=O) groups is 1. The van der Waals surface area contributed by atoms with Gasteiger partial charge in [0.15, 0.2) is 6.61 Å². The van der Waals surface area contributed by atoms with Crippen LogP contribution in [0.3, 0.4) is 0 Å². The largest absolute Gasteiger partial charge is 0.477 e. The Kier molecular flexibility index (Phi) is 4.75. The number of pyridine rings is 1. The molecule has 0 aliphatic heterocycles. The highest BCUT2D eigenvalue weighted by Crippen LogP contribution is 2.24. The number of Topliss-reactive ketones (excluding diaryl/α,β-unsaturated/α-hetero) is 1. The number of hydrogen-bond donors (Lipinski definition) is 1. The van der Waals surface area contributed by atoms with E-state index in [1.54, 1.807) is 13.0 Å². The fourth-order valence-electron chi connectivity index (χ4n) is 1.36. The summed E-state index contributed by atoms with van der Waals surface area (Å²) in [5.74, 6) is -1.27. The molecule has 0 aliphatic rings. The molecule has 0 bridgehead atoms. The molecule has 2 N–H and O–H groups in total. The van der Waals surface area contributed by atoms with Crippen LogP contribution < -0.4 is 10.5 Å². The zero-order valence-corrected chi connectivity index (χ0v) is 10.9. The Morgan fingerprint density at radius 1 is 1.60 bits per heavy atom. The first kappa shape index (κ1) is 15.1. The molecule has 20 heavy (non-hydrogen) atoms. The van der Waals surface area contributed by atoms with Crippen molar-refractivity contribution in [2.75, 3.05) is 6.61 Å². The molecule has 0 fully saturated rings. The highest BCUT2D eigenvalue weighted by Gasteiger charge is 2.20. The van der Waals surface area contributed by atoms with Gasteiger partial charge < -0.3 is 20.6 Å².